The molecule has 0 aromatic heterocycles. The van der Waals surface area contributed by atoms with E-state index in [1.807, 2.05) is 67.5 Å². The number of hydrogen-bond acceptors (Lipinski definition) is 5. The molecule has 0 radical (unpaired) electrons. The molecule has 39 heavy (non-hydrogen) atoms. The zero-order valence-corrected chi connectivity index (χ0v) is 25.0. The molecule has 3 atom stereocenters. The number of hydrogen-bond donors (Lipinski definition) is 1. The highest BCUT2D eigenvalue weighted by atomic mass is 16.5. The van der Waals surface area contributed by atoms with Crippen molar-refractivity contribution in [3.05, 3.63) is 76.1 Å². The van der Waals surface area contributed by atoms with Crippen LogP contribution in [-0.2, 0) is 14.3 Å². The highest BCUT2D eigenvalue weighted by Crippen LogP contribution is 2.66. The van der Waals surface area contributed by atoms with Gasteiger partial charge in [-0.2, -0.15) is 0 Å². The number of rotatable bonds is 9. The Bertz CT molecular complexity index is 1290. The van der Waals surface area contributed by atoms with Crippen molar-refractivity contribution in [3.8, 4) is 5.75 Å². The van der Waals surface area contributed by atoms with E-state index in [4.69, 9.17) is 4.74 Å². The standard InChI is InChI=1S/C34H44O5/c1-21(2)13-15-25-20-33(28(36)24-11-10-12-26(35)19-24)30(39-9)27(16-14-22(3)4)29(37)34(31(33)38,32(25,7)8)18-17-23(5)6/h10-14,17,19,25,35H,15-16,18,20H2,1-9H3. The maximum atomic E-state index is 15.0. The van der Waals surface area contributed by atoms with Gasteiger partial charge < -0.3 is 9.84 Å². The minimum Gasteiger partial charge on any atom is -0.508 e. The van der Waals surface area contributed by atoms with Gasteiger partial charge in [0.2, 0.25) is 0 Å². The lowest BCUT2D eigenvalue weighted by atomic mass is 9.39. The van der Waals surface area contributed by atoms with E-state index in [0.29, 0.717) is 12.0 Å². The van der Waals surface area contributed by atoms with Crippen molar-refractivity contribution in [2.45, 2.75) is 81.1 Å². The number of phenols is 1. The van der Waals surface area contributed by atoms with Crippen LogP contribution in [0.25, 0.3) is 0 Å². The van der Waals surface area contributed by atoms with Crippen LogP contribution in [0, 0.1) is 22.2 Å². The third kappa shape index (κ3) is 4.97. The van der Waals surface area contributed by atoms with Crippen LogP contribution < -0.4 is 0 Å². The number of carbonyl (C=O) groups is 3. The minimum atomic E-state index is -1.67. The van der Waals surface area contributed by atoms with Gasteiger partial charge in [0.1, 0.15) is 16.9 Å². The van der Waals surface area contributed by atoms with Crippen LogP contribution >= 0.6 is 0 Å². The van der Waals surface area contributed by atoms with Crippen LogP contribution in [0.1, 0.15) is 91.4 Å². The summed E-state index contributed by atoms with van der Waals surface area (Å²) in [5.41, 5.74) is -0.0679. The molecule has 3 unspecified atom stereocenters. The van der Waals surface area contributed by atoms with Crippen molar-refractivity contribution >= 4 is 17.3 Å². The second kappa shape index (κ2) is 11.1. The minimum absolute atomic E-state index is 0.0580. The van der Waals surface area contributed by atoms with E-state index < -0.39 is 22.0 Å². The number of phenolic OH excluding ortho intramolecular Hbond substituents is 1. The van der Waals surface area contributed by atoms with Gasteiger partial charge in [0.15, 0.2) is 22.8 Å². The fourth-order valence-electron chi connectivity index (χ4n) is 6.48. The first-order chi connectivity index (χ1) is 18.2. The maximum absolute atomic E-state index is 15.0. The number of benzene rings is 1. The topological polar surface area (TPSA) is 80.7 Å². The lowest BCUT2D eigenvalue weighted by Gasteiger charge is -2.60. The summed E-state index contributed by atoms with van der Waals surface area (Å²) >= 11 is 0. The van der Waals surface area contributed by atoms with Gasteiger partial charge in [-0.05, 0) is 90.7 Å². The van der Waals surface area contributed by atoms with Gasteiger partial charge in [0.05, 0.1) is 7.11 Å². The van der Waals surface area contributed by atoms with Gasteiger partial charge in [-0.1, -0.05) is 60.9 Å². The van der Waals surface area contributed by atoms with Crippen LogP contribution in [0.3, 0.4) is 0 Å². The first kappa shape index (κ1) is 30.3. The number of fused-ring (bicyclic) bond motifs is 2. The number of ether oxygens (including phenoxy) is 1. The molecule has 0 amide bonds. The molecule has 2 aliphatic rings. The van der Waals surface area contributed by atoms with Crippen LogP contribution in [0.2, 0.25) is 0 Å². The second-order valence-electron chi connectivity index (χ2n) is 12.5. The highest BCUT2D eigenvalue weighted by Gasteiger charge is 2.74. The van der Waals surface area contributed by atoms with Crippen molar-refractivity contribution in [2.24, 2.45) is 22.2 Å². The Labute approximate surface area is 233 Å². The predicted octanol–water partition coefficient (Wildman–Crippen LogP) is 7.72. The third-order valence-corrected chi connectivity index (χ3v) is 8.81. The lowest BCUT2D eigenvalue weighted by molar-refractivity contribution is -0.168. The lowest BCUT2D eigenvalue weighted by Crippen LogP contribution is -2.68. The highest BCUT2D eigenvalue weighted by molar-refractivity contribution is 6.30. The fourth-order valence-corrected chi connectivity index (χ4v) is 6.48. The van der Waals surface area contributed by atoms with Gasteiger partial charge >= 0.3 is 0 Å². The zero-order valence-electron chi connectivity index (χ0n) is 25.0. The maximum Gasteiger partial charge on any atom is 0.184 e. The normalized spacial score (nSPS) is 25.6. The average molecular weight is 533 g/mol. The molecule has 210 valence electrons. The molecular formula is C34H44O5. The van der Waals surface area contributed by atoms with E-state index in [1.165, 1.54) is 19.2 Å². The SMILES string of the molecule is COC1=C(CC=C(C)C)C(=O)C2(CC=C(C)C)C(=O)C1(C(=O)c1cccc(O)c1)CC(CC=C(C)C)C2(C)C. The van der Waals surface area contributed by atoms with Crippen LogP contribution in [0.15, 0.2) is 70.5 Å². The molecule has 2 aliphatic carbocycles. The summed E-state index contributed by atoms with van der Waals surface area (Å²) in [5.74, 6) is -1.11. The van der Waals surface area contributed by atoms with E-state index in [1.54, 1.807) is 12.1 Å². The molecule has 2 bridgehead atoms. The van der Waals surface area contributed by atoms with Crippen LogP contribution in [0.4, 0.5) is 0 Å². The second-order valence-corrected chi connectivity index (χ2v) is 12.5. The third-order valence-electron chi connectivity index (χ3n) is 8.81. The van der Waals surface area contributed by atoms with E-state index in [9.17, 15) is 14.7 Å². The molecule has 1 N–H and O–H groups in total. The van der Waals surface area contributed by atoms with Crippen molar-refractivity contribution in [1.29, 1.82) is 0 Å². The number of methoxy groups -OCH3 is 1. The number of carbonyl (C=O) groups excluding carboxylic acids is 3. The molecule has 1 fully saturated rings. The average Bonchev–Trinajstić information content (AvgIpc) is 2.85. The molecule has 1 saturated carbocycles. The molecule has 3 rings (SSSR count). The van der Waals surface area contributed by atoms with Crippen molar-refractivity contribution in [2.75, 3.05) is 7.11 Å². The molecule has 0 spiro atoms. The molecule has 0 saturated heterocycles. The predicted molar refractivity (Wildman–Crippen MR) is 155 cm³/mol. The summed E-state index contributed by atoms with van der Waals surface area (Å²) in [7, 11) is 1.45. The Morgan fingerprint density at radius 2 is 1.62 bits per heavy atom. The van der Waals surface area contributed by atoms with E-state index >= 15 is 4.79 Å². The van der Waals surface area contributed by atoms with Crippen molar-refractivity contribution in [3.63, 3.8) is 0 Å². The monoisotopic (exact) mass is 532 g/mol. The van der Waals surface area contributed by atoms with Gasteiger partial charge in [-0.25, -0.2) is 0 Å². The van der Waals surface area contributed by atoms with Crippen molar-refractivity contribution < 1.29 is 24.2 Å². The Morgan fingerprint density at radius 3 is 2.15 bits per heavy atom. The number of aromatic hydroxyl groups is 1. The number of Topliss-reactive ketones (excluding diaryl/α,β-unsaturated/α-hetero) is 3. The van der Waals surface area contributed by atoms with Crippen molar-refractivity contribution in [1.82, 2.24) is 0 Å². The van der Waals surface area contributed by atoms with Crippen LogP contribution in [0.5, 0.6) is 5.75 Å². The zero-order chi connectivity index (χ0) is 29.3. The Morgan fingerprint density at radius 1 is 1.00 bits per heavy atom. The summed E-state index contributed by atoms with van der Waals surface area (Å²) in [4.78, 5) is 44.4. The molecule has 5 heteroatoms. The Balaban J connectivity index is 2.50. The summed E-state index contributed by atoms with van der Waals surface area (Å²) in [6, 6.07) is 6.11. The first-order valence-electron chi connectivity index (χ1n) is 13.8. The number of ketones is 3. The molecule has 5 nitrogen and oxygen atoms in total. The summed E-state index contributed by atoms with van der Waals surface area (Å²) in [6.45, 7) is 15.9. The molecule has 1 aromatic rings. The van der Waals surface area contributed by atoms with Gasteiger partial charge in [0, 0.05) is 11.1 Å². The first-order valence-corrected chi connectivity index (χ1v) is 13.8. The quantitative estimate of drug-likeness (QED) is 0.200. The van der Waals surface area contributed by atoms with Gasteiger partial charge in [0.25, 0.3) is 0 Å². The summed E-state index contributed by atoms with van der Waals surface area (Å²) < 4.78 is 5.95. The summed E-state index contributed by atoms with van der Waals surface area (Å²) in [5, 5.41) is 10.2. The molecule has 0 heterocycles. The smallest absolute Gasteiger partial charge is 0.184 e. The fraction of sp³-hybridized carbons (Fsp3) is 0.500. The van der Waals surface area contributed by atoms with E-state index in [2.05, 4.69) is 6.08 Å². The van der Waals surface area contributed by atoms with E-state index in [0.717, 1.165) is 16.7 Å². The number of allylic oxidation sites excluding steroid dienone is 8. The Kier molecular flexibility index (Phi) is 8.64. The van der Waals surface area contributed by atoms with Gasteiger partial charge in [-0.15, -0.1) is 0 Å². The molecule has 0 aliphatic heterocycles. The molecular weight excluding hydrogens is 488 g/mol. The molecule has 1 aromatic carbocycles. The largest absolute Gasteiger partial charge is 0.508 e. The van der Waals surface area contributed by atoms with Crippen LogP contribution in [-0.4, -0.2) is 29.6 Å². The Hall–Kier alpha value is -3.21. The summed E-state index contributed by atoms with van der Waals surface area (Å²) in [6.07, 6.45) is 7.38. The van der Waals surface area contributed by atoms with Gasteiger partial charge in [-0.3, -0.25) is 14.4 Å². The van der Waals surface area contributed by atoms with E-state index in [-0.39, 0.29) is 53.8 Å².